The number of nitriles is 1. The van der Waals surface area contributed by atoms with Crippen molar-refractivity contribution in [3.63, 3.8) is 0 Å². The highest BCUT2D eigenvalue weighted by Gasteiger charge is 2.20. The van der Waals surface area contributed by atoms with E-state index in [1.54, 1.807) is 6.20 Å². The van der Waals surface area contributed by atoms with Gasteiger partial charge < -0.3 is 11.1 Å². The average Bonchev–Trinajstić information content (AvgIpc) is 3.08. The molecule has 132 valence electrons. The van der Waals surface area contributed by atoms with Gasteiger partial charge >= 0.3 is 0 Å². The summed E-state index contributed by atoms with van der Waals surface area (Å²) in [4.78, 5) is 17.3. The summed E-state index contributed by atoms with van der Waals surface area (Å²) in [6.07, 6.45) is 3.07. The van der Waals surface area contributed by atoms with Gasteiger partial charge in [0.05, 0.1) is 6.04 Å². The predicted octanol–water partition coefficient (Wildman–Crippen LogP) is 2.84. The molecular formula is C19H16N8. The molecule has 4 rings (SSSR count). The van der Waals surface area contributed by atoms with Crippen LogP contribution in [0.2, 0.25) is 0 Å². The number of nitrogens with zero attached hydrogens (tertiary/aromatic N) is 6. The van der Waals surface area contributed by atoms with Crippen molar-refractivity contribution >= 4 is 22.8 Å². The molecule has 27 heavy (non-hydrogen) atoms. The van der Waals surface area contributed by atoms with E-state index in [0.717, 1.165) is 22.7 Å². The molecule has 0 aliphatic heterocycles. The lowest BCUT2D eigenvalue weighted by Gasteiger charge is -2.17. The smallest absolute Gasteiger partial charge is 0.164 e. The maximum atomic E-state index is 9.35. The van der Waals surface area contributed by atoms with Crippen molar-refractivity contribution in [3.05, 3.63) is 66.4 Å². The van der Waals surface area contributed by atoms with Crippen molar-refractivity contribution in [1.29, 1.82) is 5.26 Å². The van der Waals surface area contributed by atoms with E-state index in [1.165, 1.54) is 6.33 Å². The second-order valence-electron chi connectivity index (χ2n) is 5.95. The van der Waals surface area contributed by atoms with Crippen LogP contribution < -0.4 is 11.1 Å². The molecule has 0 aliphatic carbocycles. The molecule has 3 heterocycles. The minimum atomic E-state index is -0.263. The molecule has 3 aromatic heterocycles. The Balaban J connectivity index is 1.82. The minimum absolute atomic E-state index is 0.139. The van der Waals surface area contributed by atoms with Crippen LogP contribution in [0.5, 0.6) is 0 Å². The first kappa shape index (κ1) is 16.5. The standard InChI is InChI=1S/C19H16N8/c1-12(25-17-14(10-20)16(21)23-11-24-17)18-26-15-8-5-9-22-19(15)27(18)13-6-3-2-4-7-13/h2-9,11-12H,1H3,(H3,21,23,24,25)/t12-/m0/s1. The first-order chi connectivity index (χ1) is 13.2. The summed E-state index contributed by atoms with van der Waals surface area (Å²) in [5.74, 6) is 1.26. The van der Waals surface area contributed by atoms with E-state index < -0.39 is 0 Å². The van der Waals surface area contributed by atoms with Gasteiger partial charge in [0.15, 0.2) is 5.65 Å². The molecule has 0 fully saturated rings. The van der Waals surface area contributed by atoms with Gasteiger partial charge in [0.2, 0.25) is 0 Å². The van der Waals surface area contributed by atoms with Gasteiger partial charge in [-0.3, -0.25) is 4.57 Å². The number of fused-ring (bicyclic) bond motifs is 1. The normalized spacial score (nSPS) is 11.9. The molecule has 0 spiro atoms. The summed E-state index contributed by atoms with van der Waals surface area (Å²) in [6.45, 7) is 1.94. The number of nitrogens with two attached hydrogens (primary N) is 1. The fourth-order valence-electron chi connectivity index (χ4n) is 2.94. The zero-order valence-electron chi connectivity index (χ0n) is 14.5. The highest BCUT2D eigenvalue weighted by Crippen LogP contribution is 2.27. The number of nitrogens with one attached hydrogen (secondary N) is 1. The number of hydrogen-bond acceptors (Lipinski definition) is 7. The Kier molecular flexibility index (Phi) is 4.10. The van der Waals surface area contributed by atoms with Crippen molar-refractivity contribution in [3.8, 4) is 11.8 Å². The van der Waals surface area contributed by atoms with Crippen LogP contribution in [0.4, 0.5) is 11.6 Å². The zero-order chi connectivity index (χ0) is 18.8. The Morgan fingerprint density at radius 3 is 2.70 bits per heavy atom. The third kappa shape index (κ3) is 2.91. The third-order valence-corrected chi connectivity index (χ3v) is 4.19. The van der Waals surface area contributed by atoms with Gasteiger partial charge in [0, 0.05) is 11.9 Å². The Bertz CT molecular complexity index is 1140. The predicted molar refractivity (Wildman–Crippen MR) is 102 cm³/mol. The SMILES string of the molecule is C[C@H](Nc1ncnc(N)c1C#N)c1nc2cccnc2n1-c1ccccc1. The number of rotatable bonds is 4. The molecule has 8 nitrogen and oxygen atoms in total. The van der Waals surface area contributed by atoms with Crippen LogP contribution >= 0.6 is 0 Å². The van der Waals surface area contributed by atoms with Crippen molar-refractivity contribution < 1.29 is 0 Å². The van der Waals surface area contributed by atoms with Crippen LogP contribution in [0.1, 0.15) is 24.4 Å². The van der Waals surface area contributed by atoms with Crippen molar-refractivity contribution in [2.24, 2.45) is 0 Å². The molecule has 3 N–H and O–H groups in total. The van der Waals surface area contributed by atoms with E-state index in [0.29, 0.717) is 5.82 Å². The Morgan fingerprint density at radius 1 is 1.11 bits per heavy atom. The van der Waals surface area contributed by atoms with E-state index >= 15 is 0 Å². The summed E-state index contributed by atoms with van der Waals surface area (Å²) in [5.41, 5.74) is 8.49. The molecule has 1 aromatic carbocycles. The molecule has 0 radical (unpaired) electrons. The van der Waals surface area contributed by atoms with Crippen molar-refractivity contribution in [2.75, 3.05) is 11.1 Å². The lowest BCUT2D eigenvalue weighted by Crippen LogP contribution is -2.15. The average molecular weight is 356 g/mol. The van der Waals surface area contributed by atoms with Crippen LogP contribution in [0, 0.1) is 11.3 Å². The summed E-state index contributed by atoms with van der Waals surface area (Å²) in [7, 11) is 0. The first-order valence-corrected chi connectivity index (χ1v) is 8.35. The summed E-state index contributed by atoms with van der Waals surface area (Å²) < 4.78 is 1.99. The largest absolute Gasteiger partial charge is 0.382 e. The summed E-state index contributed by atoms with van der Waals surface area (Å²) >= 11 is 0. The van der Waals surface area contributed by atoms with E-state index in [9.17, 15) is 5.26 Å². The number of aromatic nitrogens is 5. The minimum Gasteiger partial charge on any atom is -0.382 e. The summed E-state index contributed by atoms with van der Waals surface area (Å²) in [6, 6.07) is 15.4. The van der Waals surface area contributed by atoms with Crippen LogP contribution in [0.25, 0.3) is 16.9 Å². The number of hydrogen-bond donors (Lipinski definition) is 2. The molecule has 0 aliphatic rings. The number of anilines is 2. The van der Waals surface area contributed by atoms with Crippen LogP contribution in [0.15, 0.2) is 55.0 Å². The topological polar surface area (TPSA) is 118 Å². The van der Waals surface area contributed by atoms with Gasteiger partial charge in [-0.25, -0.2) is 19.9 Å². The zero-order valence-corrected chi connectivity index (χ0v) is 14.5. The van der Waals surface area contributed by atoms with Crippen LogP contribution in [0.3, 0.4) is 0 Å². The van der Waals surface area contributed by atoms with Gasteiger partial charge in [0.25, 0.3) is 0 Å². The Morgan fingerprint density at radius 2 is 1.93 bits per heavy atom. The second kappa shape index (κ2) is 6.72. The maximum Gasteiger partial charge on any atom is 0.164 e. The third-order valence-electron chi connectivity index (χ3n) is 4.19. The monoisotopic (exact) mass is 356 g/mol. The van der Waals surface area contributed by atoms with E-state index in [2.05, 4.69) is 20.3 Å². The van der Waals surface area contributed by atoms with E-state index in [4.69, 9.17) is 10.7 Å². The Hall–Kier alpha value is -3.99. The quantitative estimate of drug-likeness (QED) is 0.577. The molecule has 0 saturated carbocycles. The van der Waals surface area contributed by atoms with E-state index in [1.807, 2.05) is 60.0 Å². The molecule has 8 heteroatoms. The highest BCUT2D eigenvalue weighted by molar-refractivity contribution is 5.74. The lowest BCUT2D eigenvalue weighted by atomic mass is 10.2. The van der Waals surface area contributed by atoms with Gasteiger partial charge in [-0.2, -0.15) is 5.26 Å². The maximum absolute atomic E-state index is 9.35. The Labute approximate surface area is 155 Å². The number of pyridine rings is 1. The molecule has 0 unspecified atom stereocenters. The molecular weight excluding hydrogens is 340 g/mol. The van der Waals surface area contributed by atoms with Gasteiger partial charge in [-0.15, -0.1) is 0 Å². The van der Waals surface area contributed by atoms with Crippen molar-refractivity contribution in [2.45, 2.75) is 13.0 Å². The lowest BCUT2D eigenvalue weighted by molar-refractivity contribution is 0.765. The summed E-state index contributed by atoms with van der Waals surface area (Å²) in [5, 5.41) is 12.6. The van der Waals surface area contributed by atoms with Gasteiger partial charge in [-0.05, 0) is 31.2 Å². The number of imidazole rings is 1. The van der Waals surface area contributed by atoms with E-state index in [-0.39, 0.29) is 17.4 Å². The van der Waals surface area contributed by atoms with Crippen LogP contribution in [-0.2, 0) is 0 Å². The number of nitrogen functional groups attached to an aromatic ring is 1. The highest BCUT2D eigenvalue weighted by atomic mass is 15.2. The number of para-hydroxylation sites is 1. The molecule has 0 bridgehead atoms. The van der Waals surface area contributed by atoms with Gasteiger partial charge in [-0.1, -0.05) is 18.2 Å². The molecule has 0 saturated heterocycles. The van der Waals surface area contributed by atoms with Crippen LogP contribution in [-0.4, -0.2) is 24.5 Å². The van der Waals surface area contributed by atoms with Crippen molar-refractivity contribution in [1.82, 2.24) is 24.5 Å². The first-order valence-electron chi connectivity index (χ1n) is 8.35. The molecule has 4 aromatic rings. The fraction of sp³-hybridized carbons (Fsp3) is 0.105. The fourth-order valence-corrected chi connectivity index (χ4v) is 2.94. The van der Waals surface area contributed by atoms with Gasteiger partial charge in [0.1, 0.15) is 40.9 Å². The molecule has 0 amide bonds. The second-order valence-corrected chi connectivity index (χ2v) is 5.95. The number of benzene rings is 1. The molecule has 1 atom stereocenters.